The van der Waals surface area contributed by atoms with Crippen LogP contribution in [0.15, 0.2) is 53.4 Å². The number of amides is 2. The number of nitrogens with one attached hydrogen (secondary N) is 2. The molecular formula is C19H20N2O4S. The summed E-state index contributed by atoms with van der Waals surface area (Å²) >= 11 is 1.57. The van der Waals surface area contributed by atoms with Gasteiger partial charge in [-0.2, -0.15) is 0 Å². The van der Waals surface area contributed by atoms with Crippen LogP contribution in [0.3, 0.4) is 0 Å². The van der Waals surface area contributed by atoms with Crippen molar-refractivity contribution in [2.75, 3.05) is 18.2 Å². The van der Waals surface area contributed by atoms with Crippen LogP contribution < -0.4 is 10.6 Å². The van der Waals surface area contributed by atoms with Gasteiger partial charge >= 0.3 is 5.97 Å². The quantitative estimate of drug-likeness (QED) is 0.577. The van der Waals surface area contributed by atoms with Crippen molar-refractivity contribution in [3.63, 3.8) is 0 Å². The van der Waals surface area contributed by atoms with E-state index in [-0.39, 0.29) is 12.5 Å². The molecule has 0 spiro atoms. The highest BCUT2D eigenvalue weighted by molar-refractivity contribution is 7.98. The summed E-state index contributed by atoms with van der Waals surface area (Å²) < 4.78 is 5.03. The minimum Gasteiger partial charge on any atom is -0.452 e. The predicted octanol–water partition coefficient (Wildman–Crippen LogP) is 2.84. The molecular weight excluding hydrogens is 352 g/mol. The van der Waals surface area contributed by atoms with Crippen molar-refractivity contribution < 1.29 is 19.1 Å². The molecule has 0 aliphatic heterocycles. The number of anilines is 1. The summed E-state index contributed by atoms with van der Waals surface area (Å²) in [7, 11) is 0. The molecule has 0 unspecified atom stereocenters. The van der Waals surface area contributed by atoms with Crippen molar-refractivity contribution in [1.82, 2.24) is 5.32 Å². The van der Waals surface area contributed by atoms with E-state index in [1.165, 1.54) is 6.92 Å². The molecule has 0 fully saturated rings. The number of rotatable bonds is 7. The van der Waals surface area contributed by atoms with Crippen molar-refractivity contribution in [2.45, 2.75) is 18.4 Å². The number of ether oxygens (including phenoxy) is 1. The Kier molecular flexibility index (Phi) is 7.23. The van der Waals surface area contributed by atoms with Gasteiger partial charge in [0.2, 0.25) is 5.91 Å². The Labute approximate surface area is 156 Å². The molecule has 2 amide bonds. The zero-order valence-corrected chi connectivity index (χ0v) is 15.4. The van der Waals surface area contributed by atoms with Gasteiger partial charge in [0.15, 0.2) is 6.61 Å². The normalized spacial score (nSPS) is 10.1. The van der Waals surface area contributed by atoms with Gasteiger partial charge in [-0.25, -0.2) is 4.79 Å². The zero-order valence-electron chi connectivity index (χ0n) is 14.6. The molecule has 0 saturated heterocycles. The van der Waals surface area contributed by atoms with Gasteiger partial charge in [0.1, 0.15) is 0 Å². The van der Waals surface area contributed by atoms with E-state index >= 15 is 0 Å². The third-order valence-corrected chi connectivity index (χ3v) is 4.14. The standard InChI is InChI=1S/C19H20N2O4S/c1-13(22)20-11-14-6-8-15(9-7-14)19(24)25-12-18(23)21-16-4-3-5-17(10-16)26-2/h3-10H,11-12H2,1-2H3,(H,20,22)(H,21,23). The van der Waals surface area contributed by atoms with E-state index in [2.05, 4.69) is 10.6 Å². The number of hydrogen-bond donors (Lipinski definition) is 2. The van der Waals surface area contributed by atoms with Crippen molar-refractivity contribution in [3.8, 4) is 0 Å². The van der Waals surface area contributed by atoms with Crippen LogP contribution in [0.1, 0.15) is 22.8 Å². The Hall–Kier alpha value is -2.80. The van der Waals surface area contributed by atoms with E-state index in [0.29, 0.717) is 17.8 Å². The average molecular weight is 372 g/mol. The Morgan fingerprint density at radius 2 is 1.81 bits per heavy atom. The number of benzene rings is 2. The van der Waals surface area contributed by atoms with E-state index in [4.69, 9.17) is 4.74 Å². The Bertz CT molecular complexity index is 790. The first-order valence-electron chi connectivity index (χ1n) is 7.92. The first-order chi connectivity index (χ1) is 12.5. The Morgan fingerprint density at radius 3 is 2.46 bits per heavy atom. The topological polar surface area (TPSA) is 84.5 Å². The molecule has 0 aromatic heterocycles. The van der Waals surface area contributed by atoms with Crippen LogP contribution in [0.5, 0.6) is 0 Å². The maximum absolute atomic E-state index is 12.0. The summed E-state index contributed by atoms with van der Waals surface area (Å²) in [4.78, 5) is 35.8. The molecule has 0 aliphatic rings. The highest BCUT2D eigenvalue weighted by Crippen LogP contribution is 2.18. The van der Waals surface area contributed by atoms with Gasteiger partial charge < -0.3 is 15.4 Å². The number of hydrogen-bond acceptors (Lipinski definition) is 5. The third-order valence-electron chi connectivity index (χ3n) is 3.42. The maximum atomic E-state index is 12.0. The average Bonchev–Trinajstić information content (AvgIpc) is 2.65. The summed E-state index contributed by atoms with van der Waals surface area (Å²) in [5, 5.41) is 5.36. The Morgan fingerprint density at radius 1 is 1.08 bits per heavy atom. The molecule has 2 rings (SSSR count). The molecule has 7 heteroatoms. The second-order valence-electron chi connectivity index (χ2n) is 5.46. The lowest BCUT2D eigenvalue weighted by molar-refractivity contribution is -0.119. The van der Waals surface area contributed by atoms with Crippen LogP contribution in [0.2, 0.25) is 0 Å². The zero-order chi connectivity index (χ0) is 18.9. The monoisotopic (exact) mass is 372 g/mol. The van der Waals surface area contributed by atoms with Gasteiger partial charge in [-0.3, -0.25) is 9.59 Å². The summed E-state index contributed by atoms with van der Waals surface area (Å²) in [6, 6.07) is 14.0. The Balaban J connectivity index is 1.83. The molecule has 0 radical (unpaired) electrons. The number of esters is 1. The molecule has 136 valence electrons. The van der Waals surface area contributed by atoms with Crippen LogP contribution >= 0.6 is 11.8 Å². The molecule has 26 heavy (non-hydrogen) atoms. The van der Waals surface area contributed by atoms with Gasteiger partial charge in [-0.15, -0.1) is 11.8 Å². The second-order valence-corrected chi connectivity index (χ2v) is 6.34. The highest BCUT2D eigenvalue weighted by atomic mass is 32.2. The van der Waals surface area contributed by atoms with Crippen LogP contribution in [-0.2, 0) is 20.9 Å². The molecule has 2 aromatic carbocycles. The van der Waals surface area contributed by atoms with E-state index in [1.807, 2.05) is 24.5 Å². The van der Waals surface area contributed by atoms with Crippen LogP contribution in [-0.4, -0.2) is 30.6 Å². The van der Waals surface area contributed by atoms with Gasteiger partial charge in [-0.1, -0.05) is 18.2 Å². The van der Waals surface area contributed by atoms with Gasteiger partial charge in [0, 0.05) is 24.1 Å². The highest BCUT2D eigenvalue weighted by Gasteiger charge is 2.10. The molecule has 0 saturated carbocycles. The van der Waals surface area contributed by atoms with E-state index < -0.39 is 11.9 Å². The molecule has 0 atom stereocenters. The smallest absolute Gasteiger partial charge is 0.338 e. The summed E-state index contributed by atoms with van der Waals surface area (Å²) in [6.45, 7) is 1.46. The minimum absolute atomic E-state index is 0.123. The lowest BCUT2D eigenvalue weighted by Crippen LogP contribution is -2.21. The van der Waals surface area contributed by atoms with Crippen molar-refractivity contribution in [2.24, 2.45) is 0 Å². The van der Waals surface area contributed by atoms with Crippen molar-refractivity contribution >= 4 is 35.2 Å². The van der Waals surface area contributed by atoms with Crippen LogP contribution in [0.25, 0.3) is 0 Å². The molecule has 2 aromatic rings. The van der Waals surface area contributed by atoms with Gasteiger partial charge in [-0.05, 0) is 42.2 Å². The van der Waals surface area contributed by atoms with Crippen LogP contribution in [0, 0.1) is 0 Å². The van der Waals surface area contributed by atoms with Crippen molar-refractivity contribution in [3.05, 3.63) is 59.7 Å². The van der Waals surface area contributed by atoms with E-state index in [1.54, 1.807) is 42.1 Å². The molecule has 0 aliphatic carbocycles. The van der Waals surface area contributed by atoms with E-state index in [9.17, 15) is 14.4 Å². The summed E-state index contributed by atoms with van der Waals surface area (Å²) in [5.41, 5.74) is 1.86. The summed E-state index contributed by atoms with van der Waals surface area (Å²) in [5.74, 6) is -1.11. The first-order valence-corrected chi connectivity index (χ1v) is 9.15. The first kappa shape index (κ1) is 19.5. The third kappa shape index (κ3) is 6.25. The van der Waals surface area contributed by atoms with Gasteiger partial charge in [0.25, 0.3) is 5.91 Å². The fourth-order valence-corrected chi connectivity index (χ4v) is 2.56. The fourth-order valence-electron chi connectivity index (χ4n) is 2.10. The van der Waals surface area contributed by atoms with Crippen LogP contribution in [0.4, 0.5) is 5.69 Å². The van der Waals surface area contributed by atoms with E-state index in [0.717, 1.165) is 10.5 Å². The number of carbonyl (C=O) groups excluding carboxylic acids is 3. The maximum Gasteiger partial charge on any atom is 0.338 e. The summed E-state index contributed by atoms with van der Waals surface area (Å²) in [6.07, 6.45) is 1.95. The largest absolute Gasteiger partial charge is 0.452 e. The predicted molar refractivity (Wildman–Crippen MR) is 101 cm³/mol. The lowest BCUT2D eigenvalue weighted by Gasteiger charge is -2.08. The van der Waals surface area contributed by atoms with Gasteiger partial charge in [0.05, 0.1) is 5.56 Å². The van der Waals surface area contributed by atoms with Crippen molar-refractivity contribution in [1.29, 1.82) is 0 Å². The molecule has 0 heterocycles. The molecule has 2 N–H and O–H groups in total. The lowest BCUT2D eigenvalue weighted by atomic mass is 10.1. The minimum atomic E-state index is -0.580. The molecule has 0 bridgehead atoms. The second kappa shape index (κ2) is 9.62. The fraction of sp³-hybridized carbons (Fsp3) is 0.211. The number of carbonyl (C=O) groups is 3. The SMILES string of the molecule is CSc1cccc(NC(=O)COC(=O)c2ccc(CNC(C)=O)cc2)c1. The number of thioether (sulfide) groups is 1. The molecule has 6 nitrogen and oxygen atoms in total.